The van der Waals surface area contributed by atoms with Gasteiger partial charge in [-0.3, -0.25) is 4.79 Å². The maximum atomic E-state index is 11.2. The molecule has 0 heterocycles. The van der Waals surface area contributed by atoms with Crippen LogP contribution in [0.15, 0.2) is 24.3 Å². The Bertz CT molecular complexity index is 310. The highest BCUT2D eigenvalue weighted by molar-refractivity contribution is 6.17. The predicted molar refractivity (Wildman–Crippen MR) is 56.5 cm³/mol. The smallest absolute Gasteiger partial charge is 0.311 e. The summed E-state index contributed by atoms with van der Waals surface area (Å²) in [7, 11) is 0. The summed E-state index contributed by atoms with van der Waals surface area (Å²) in [6.45, 7) is 1.94. The number of carbonyl (C=O) groups is 1. The van der Waals surface area contributed by atoms with Crippen LogP contribution in [0.2, 0.25) is 0 Å². The van der Waals surface area contributed by atoms with Gasteiger partial charge in [-0.05, 0) is 12.5 Å². The van der Waals surface area contributed by atoms with Gasteiger partial charge in [-0.25, -0.2) is 0 Å². The van der Waals surface area contributed by atoms with Gasteiger partial charge >= 0.3 is 5.97 Å². The molecule has 0 saturated heterocycles. The topological polar surface area (TPSA) is 26.3 Å². The lowest BCUT2D eigenvalue weighted by molar-refractivity contribution is -0.134. The van der Waals surface area contributed by atoms with Crippen molar-refractivity contribution in [1.29, 1.82) is 0 Å². The molecule has 14 heavy (non-hydrogen) atoms. The molecule has 1 rings (SSSR count). The molecular weight excluding hydrogens is 200 g/mol. The van der Waals surface area contributed by atoms with Crippen molar-refractivity contribution in [3.8, 4) is 5.75 Å². The number of hydrogen-bond donors (Lipinski definition) is 0. The van der Waals surface area contributed by atoms with Crippen LogP contribution in [0.3, 0.4) is 0 Å². The fraction of sp³-hybridized carbons (Fsp3) is 0.364. The van der Waals surface area contributed by atoms with E-state index in [1.807, 2.05) is 25.1 Å². The first-order valence-electron chi connectivity index (χ1n) is 4.62. The highest BCUT2D eigenvalue weighted by Crippen LogP contribution is 2.20. The zero-order valence-electron chi connectivity index (χ0n) is 8.13. The second-order valence-corrected chi connectivity index (χ2v) is 3.23. The number of hydrogen-bond acceptors (Lipinski definition) is 2. The summed E-state index contributed by atoms with van der Waals surface area (Å²) in [5.41, 5.74) is 0.846. The van der Waals surface area contributed by atoms with E-state index in [4.69, 9.17) is 16.3 Å². The maximum Gasteiger partial charge on any atom is 0.311 e. The van der Waals surface area contributed by atoms with Gasteiger partial charge < -0.3 is 4.74 Å². The summed E-state index contributed by atoms with van der Waals surface area (Å²) in [6.07, 6.45) is 1.23. The first kappa shape index (κ1) is 11.1. The molecule has 0 N–H and O–H groups in total. The quantitative estimate of drug-likeness (QED) is 0.436. The van der Waals surface area contributed by atoms with Crippen LogP contribution in [0, 0.1) is 0 Å². The van der Waals surface area contributed by atoms with Crippen LogP contribution in [-0.4, -0.2) is 5.97 Å². The summed E-state index contributed by atoms with van der Waals surface area (Å²) in [6, 6.07) is 7.30. The van der Waals surface area contributed by atoms with E-state index in [2.05, 4.69) is 0 Å². The van der Waals surface area contributed by atoms with E-state index in [0.29, 0.717) is 18.1 Å². The third-order valence-electron chi connectivity index (χ3n) is 1.79. The van der Waals surface area contributed by atoms with Gasteiger partial charge in [0.05, 0.1) is 5.88 Å². The van der Waals surface area contributed by atoms with Crippen LogP contribution >= 0.6 is 11.6 Å². The van der Waals surface area contributed by atoms with Gasteiger partial charge in [-0.15, -0.1) is 11.6 Å². The lowest BCUT2D eigenvalue weighted by Gasteiger charge is -2.06. The highest BCUT2D eigenvalue weighted by atomic mass is 35.5. The van der Waals surface area contributed by atoms with E-state index >= 15 is 0 Å². The number of ether oxygens (including phenoxy) is 1. The minimum Gasteiger partial charge on any atom is -0.426 e. The molecule has 2 nitrogen and oxygen atoms in total. The summed E-state index contributed by atoms with van der Waals surface area (Å²) in [5.74, 6) is 0.723. The Morgan fingerprint density at radius 2 is 2.14 bits per heavy atom. The minimum absolute atomic E-state index is 0.204. The van der Waals surface area contributed by atoms with Crippen molar-refractivity contribution < 1.29 is 9.53 Å². The molecule has 1 aromatic carbocycles. The minimum atomic E-state index is -0.204. The van der Waals surface area contributed by atoms with Crippen molar-refractivity contribution in [2.75, 3.05) is 0 Å². The Kier molecular flexibility index (Phi) is 4.47. The van der Waals surface area contributed by atoms with E-state index in [1.54, 1.807) is 6.07 Å². The van der Waals surface area contributed by atoms with Gasteiger partial charge in [-0.1, -0.05) is 25.1 Å². The van der Waals surface area contributed by atoms with Gasteiger partial charge in [0.25, 0.3) is 0 Å². The van der Waals surface area contributed by atoms with Crippen molar-refractivity contribution in [2.24, 2.45) is 0 Å². The molecule has 0 radical (unpaired) electrons. The average Bonchev–Trinajstić information content (AvgIpc) is 2.19. The van der Waals surface area contributed by atoms with Gasteiger partial charge in [-0.2, -0.15) is 0 Å². The second-order valence-electron chi connectivity index (χ2n) is 2.97. The number of halogens is 1. The number of esters is 1. The molecule has 0 fully saturated rings. The zero-order valence-corrected chi connectivity index (χ0v) is 8.88. The van der Waals surface area contributed by atoms with Crippen molar-refractivity contribution >= 4 is 17.6 Å². The lowest BCUT2D eigenvalue weighted by atomic mass is 10.2. The van der Waals surface area contributed by atoms with Crippen LogP contribution in [-0.2, 0) is 10.7 Å². The molecule has 3 heteroatoms. The summed E-state index contributed by atoms with van der Waals surface area (Å²) in [4.78, 5) is 11.2. The largest absolute Gasteiger partial charge is 0.426 e. The number of para-hydroxylation sites is 1. The molecule has 0 aromatic heterocycles. The molecule has 0 unspecified atom stereocenters. The first-order chi connectivity index (χ1) is 6.77. The van der Waals surface area contributed by atoms with Gasteiger partial charge in [0.1, 0.15) is 5.75 Å². The normalized spacial score (nSPS) is 9.86. The Hall–Kier alpha value is -1.02. The second kappa shape index (κ2) is 5.66. The molecule has 1 aromatic rings. The number of benzene rings is 1. The Balaban J connectivity index is 2.70. The zero-order chi connectivity index (χ0) is 10.4. The Morgan fingerprint density at radius 3 is 2.79 bits per heavy atom. The number of rotatable bonds is 4. The number of carbonyl (C=O) groups excluding carboxylic acids is 1. The summed E-state index contributed by atoms with van der Waals surface area (Å²) < 4.78 is 5.15. The molecule has 0 aliphatic carbocycles. The molecule has 0 atom stereocenters. The van der Waals surface area contributed by atoms with Crippen LogP contribution in [0.4, 0.5) is 0 Å². The Morgan fingerprint density at radius 1 is 1.43 bits per heavy atom. The van der Waals surface area contributed by atoms with Crippen molar-refractivity contribution in [1.82, 2.24) is 0 Å². The van der Waals surface area contributed by atoms with Gasteiger partial charge in [0, 0.05) is 12.0 Å². The monoisotopic (exact) mass is 212 g/mol. The first-order valence-corrected chi connectivity index (χ1v) is 5.16. The molecule has 0 bridgehead atoms. The van der Waals surface area contributed by atoms with E-state index in [9.17, 15) is 4.79 Å². The maximum absolute atomic E-state index is 11.2. The average molecular weight is 213 g/mol. The number of alkyl halides is 1. The Labute approximate surface area is 88.8 Å². The third-order valence-corrected chi connectivity index (χ3v) is 2.08. The standard InChI is InChI=1S/C11H13ClO2/c1-2-5-11(13)14-10-7-4-3-6-9(10)8-12/h3-4,6-7H,2,5,8H2,1H3. The summed E-state index contributed by atoms with van der Waals surface area (Å²) >= 11 is 5.70. The summed E-state index contributed by atoms with van der Waals surface area (Å²) in [5, 5.41) is 0. The van der Waals surface area contributed by atoms with Crippen LogP contribution in [0.5, 0.6) is 5.75 Å². The van der Waals surface area contributed by atoms with E-state index < -0.39 is 0 Å². The van der Waals surface area contributed by atoms with E-state index in [-0.39, 0.29) is 5.97 Å². The van der Waals surface area contributed by atoms with Gasteiger partial charge in [0.15, 0.2) is 0 Å². The van der Waals surface area contributed by atoms with Crippen molar-refractivity contribution in [2.45, 2.75) is 25.6 Å². The van der Waals surface area contributed by atoms with Crippen molar-refractivity contribution in [3.05, 3.63) is 29.8 Å². The fourth-order valence-electron chi connectivity index (χ4n) is 1.09. The fourth-order valence-corrected chi connectivity index (χ4v) is 1.31. The SMILES string of the molecule is CCCC(=O)Oc1ccccc1CCl. The molecule has 0 aliphatic heterocycles. The predicted octanol–water partition coefficient (Wildman–Crippen LogP) is 3.13. The third kappa shape index (κ3) is 3.04. The lowest BCUT2D eigenvalue weighted by Crippen LogP contribution is -2.08. The highest BCUT2D eigenvalue weighted by Gasteiger charge is 2.06. The molecule has 0 saturated carbocycles. The van der Waals surface area contributed by atoms with Crippen molar-refractivity contribution in [3.63, 3.8) is 0 Å². The van der Waals surface area contributed by atoms with Crippen LogP contribution < -0.4 is 4.74 Å². The molecule has 0 amide bonds. The van der Waals surface area contributed by atoms with Gasteiger partial charge in [0.2, 0.25) is 0 Å². The van der Waals surface area contributed by atoms with Crippen LogP contribution in [0.25, 0.3) is 0 Å². The van der Waals surface area contributed by atoms with E-state index in [0.717, 1.165) is 12.0 Å². The molecule has 0 aliphatic rings. The molecule has 76 valence electrons. The molecule has 0 spiro atoms. The van der Waals surface area contributed by atoms with E-state index in [1.165, 1.54) is 0 Å². The van der Waals surface area contributed by atoms with Crippen LogP contribution in [0.1, 0.15) is 25.3 Å². The molecular formula is C11H13ClO2.